The number of aryl methyl sites for hydroxylation is 2. The molecule has 1 aliphatic rings. The molecule has 1 aromatic heterocycles. The van der Waals surface area contributed by atoms with Crippen molar-refractivity contribution in [1.29, 1.82) is 0 Å². The Morgan fingerprint density at radius 1 is 1.33 bits per heavy atom. The van der Waals surface area contributed by atoms with Crippen molar-refractivity contribution >= 4 is 11.8 Å². The van der Waals surface area contributed by atoms with Gasteiger partial charge in [-0.2, -0.15) is 0 Å². The number of anilines is 1. The lowest BCUT2D eigenvalue weighted by molar-refractivity contribution is 0.157. The summed E-state index contributed by atoms with van der Waals surface area (Å²) in [6.07, 6.45) is 3.89. The number of hydrogen-bond donors (Lipinski definition) is 0. The predicted molar refractivity (Wildman–Crippen MR) is 83.6 cm³/mol. The Kier molecular flexibility index (Phi) is 4.65. The van der Waals surface area contributed by atoms with Gasteiger partial charge in [0.25, 0.3) is 0 Å². The number of amides is 2. The molecule has 1 atom stereocenters. The molecule has 0 spiro atoms. The van der Waals surface area contributed by atoms with Crippen LogP contribution in [0, 0.1) is 13.8 Å². The molecule has 1 fully saturated rings. The van der Waals surface area contributed by atoms with Crippen molar-refractivity contribution in [3.8, 4) is 0 Å². The van der Waals surface area contributed by atoms with Gasteiger partial charge < -0.3 is 14.7 Å². The maximum Gasteiger partial charge on any atom is 0.319 e. The number of likely N-dealkylation sites (N-methyl/N-ethyl adjacent to an activating group) is 1. The molecule has 21 heavy (non-hydrogen) atoms. The van der Waals surface area contributed by atoms with E-state index in [0.717, 1.165) is 43.1 Å². The Hall–Kier alpha value is -1.85. The molecule has 2 heterocycles. The molecule has 6 heteroatoms. The average molecular weight is 291 g/mol. The van der Waals surface area contributed by atoms with Gasteiger partial charge in [-0.3, -0.25) is 4.98 Å². The van der Waals surface area contributed by atoms with E-state index in [4.69, 9.17) is 0 Å². The zero-order valence-electron chi connectivity index (χ0n) is 13.6. The van der Waals surface area contributed by atoms with Gasteiger partial charge in [0.1, 0.15) is 5.82 Å². The lowest BCUT2D eigenvalue weighted by atomic mass is 10.0. The monoisotopic (exact) mass is 291 g/mol. The number of urea groups is 1. The van der Waals surface area contributed by atoms with Crippen LogP contribution in [0.3, 0.4) is 0 Å². The van der Waals surface area contributed by atoms with E-state index in [-0.39, 0.29) is 12.1 Å². The lowest BCUT2D eigenvalue weighted by Crippen LogP contribution is -2.51. The molecule has 116 valence electrons. The molecular formula is C15H25N5O. The maximum atomic E-state index is 12.1. The van der Waals surface area contributed by atoms with Crippen molar-refractivity contribution in [3.63, 3.8) is 0 Å². The number of carbonyl (C=O) groups excluding carboxylic acids is 1. The SMILES string of the molecule is Cc1cnc(C)c(N2CCCC(N(C)C(=O)N(C)C)C2)n1. The summed E-state index contributed by atoms with van der Waals surface area (Å²) in [6, 6.07) is 0.268. The Morgan fingerprint density at radius 3 is 2.71 bits per heavy atom. The fourth-order valence-electron chi connectivity index (χ4n) is 2.76. The number of piperidine rings is 1. The second kappa shape index (κ2) is 6.28. The van der Waals surface area contributed by atoms with Gasteiger partial charge in [0.2, 0.25) is 0 Å². The predicted octanol–water partition coefficient (Wildman–Crippen LogP) is 1.68. The van der Waals surface area contributed by atoms with Crippen LogP contribution >= 0.6 is 0 Å². The Balaban J connectivity index is 2.14. The molecule has 1 saturated heterocycles. The highest BCUT2D eigenvalue weighted by Crippen LogP contribution is 2.23. The van der Waals surface area contributed by atoms with Gasteiger partial charge in [0.15, 0.2) is 0 Å². The zero-order chi connectivity index (χ0) is 15.6. The van der Waals surface area contributed by atoms with E-state index in [1.165, 1.54) is 0 Å². The van der Waals surface area contributed by atoms with E-state index < -0.39 is 0 Å². The highest BCUT2D eigenvalue weighted by atomic mass is 16.2. The minimum absolute atomic E-state index is 0.0499. The second-order valence-corrected chi connectivity index (χ2v) is 5.95. The first kappa shape index (κ1) is 15.5. The minimum Gasteiger partial charge on any atom is -0.353 e. The van der Waals surface area contributed by atoms with Crippen LogP contribution in [0.4, 0.5) is 10.6 Å². The first-order chi connectivity index (χ1) is 9.90. The van der Waals surface area contributed by atoms with E-state index in [9.17, 15) is 4.79 Å². The summed E-state index contributed by atoms with van der Waals surface area (Å²) in [7, 11) is 5.45. The van der Waals surface area contributed by atoms with Crippen LogP contribution in [0.5, 0.6) is 0 Å². The third-order valence-electron chi connectivity index (χ3n) is 3.98. The van der Waals surface area contributed by atoms with E-state index in [1.54, 1.807) is 25.2 Å². The van der Waals surface area contributed by atoms with E-state index >= 15 is 0 Å². The molecule has 0 aromatic carbocycles. The first-order valence-electron chi connectivity index (χ1n) is 7.39. The zero-order valence-corrected chi connectivity index (χ0v) is 13.6. The van der Waals surface area contributed by atoms with Crippen LogP contribution in [-0.2, 0) is 0 Å². The number of hydrogen-bond acceptors (Lipinski definition) is 4. The average Bonchev–Trinajstić information content (AvgIpc) is 2.48. The molecule has 0 saturated carbocycles. The first-order valence-corrected chi connectivity index (χ1v) is 7.39. The van der Waals surface area contributed by atoms with Crippen LogP contribution in [0.15, 0.2) is 6.20 Å². The lowest BCUT2D eigenvalue weighted by Gasteiger charge is -2.39. The molecule has 2 amide bonds. The van der Waals surface area contributed by atoms with Gasteiger partial charge >= 0.3 is 6.03 Å². The van der Waals surface area contributed by atoms with Crippen molar-refractivity contribution in [1.82, 2.24) is 19.8 Å². The van der Waals surface area contributed by atoms with Crippen molar-refractivity contribution in [2.75, 3.05) is 39.1 Å². The van der Waals surface area contributed by atoms with Crippen LogP contribution in [-0.4, -0.2) is 66.1 Å². The van der Waals surface area contributed by atoms with E-state index in [2.05, 4.69) is 14.9 Å². The molecule has 0 N–H and O–H groups in total. The summed E-state index contributed by atoms with van der Waals surface area (Å²) in [5.41, 5.74) is 1.87. The molecule has 1 aliphatic heterocycles. The number of rotatable bonds is 2. The molecular weight excluding hydrogens is 266 g/mol. The minimum atomic E-state index is 0.0499. The summed E-state index contributed by atoms with van der Waals surface area (Å²) >= 11 is 0. The molecule has 0 bridgehead atoms. The molecule has 1 aromatic rings. The fourth-order valence-corrected chi connectivity index (χ4v) is 2.76. The van der Waals surface area contributed by atoms with Crippen molar-refractivity contribution in [2.45, 2.75) is 32.7 Å². The second-order valence-electron chi connectivity index (χ2n) is 5.95. The van der Waals surface area contributed by atoms with Gasteiger partial charge in [-0.15, -0.1) is 0 Å². The molecule has 6 nitrogen and oxygen atoms in total. The molecule has 0 aliphatic carbocycles. The molecule has 1 unspecified atom stereocenters. The van der Waals surface area contributed by atoms with Crippen LogP contribution in [0.25, 0.3) is 0 Å². The molecule has 2 rings (SSSR count). The highest BCUT2D eigenvalue weighted by molar-refractivity contribution is 5.74. The van der Waals surface area contributed by atoms with Crippen LogP contribution in [0.1, 0.15) is 24.2 Å². The molecule has 0 radical (unpaired) electrons. The van der Waals surface area contributed by atoms with Crippen LogP contribution < -0.4 is 4.90 Å². The Labute approximate surface area is 126 Å². The third kappa shape index (κ3) is 3.43. The largest absolute Gasteiger partial charge is 0.353 e. The summed E-state index contributed by atoms with van der Waals surface area (Å²) in [5.74, 6) is 0.949. The number of aromatic nitrogens is 2. The Bertz CT molecular complexity index is 517. The van der Waals surface area contributed by atoms with Gasteiger partial charge in [-0.05, 0) is 26.7 Å². The summed E-state index contributed by atoms with van der Waals surface area (Å²) < 4.78 is 0. The van der Waals surface area contributed by atoms with E-state index in [0.29, 0.717) is 0 Å². The van der Waals surface area contributed by atoms with Crippen LogP contribution in [0.2, 0.25) is 0 Å². The van der Waals surface area contributed by atoms with Crippen molar-refractivity contribution in [3.05, 3.63) is 17.6 Å². The Morgan fingerprint density at radius 2 is 2.05 bits per heavy atom. The van der Waals surface area contributed by atoms with E-state index in [1.807, 2.05) is 25.8 Å². The standard InChI is InChI=1S/C15H25N5O/c1-11-9-16-12(2)14(17-11)20-8-6-7-13(10-20)19(5)15(21)18(3)4/h9,13H,6-8,10H2,1-5H3. The maximum absolute atomic E-state index is 12.1. The number of carbonyl (C=O) groups is 1. The fraction of sp³-hybridized carbons (Fsp3) is 0.667. The van der Waals surface area contributed by atoms with Gasteiger partial charge in [-0.25, -0.2) is 9.78 Å². The van der Waals surface area contributed by atoms with Crippen molar-refractivity contribution in [2.24, 2.45) is 0 Å². The van der Waals surface area contributed by atoms with Gasteiger partial charge in [-0.1, -0.05) is 0 Å². The summed E-state index contributed by atoms with van der Waals surface area (Å²) in [5, 5.41) is 0. The smallest absolute Gasteiger partial charge is 0.319 e. The van der Waals surface area contributed by atoms with Crippen molar-refractivity contribution < 1.29 is 4.79 Å². The normalized spacial score (nSPS) is 18.5. The number of nitrogens with zero attached hydrogens (tertiary/aromatic N) is 5. The quantitative estimate of drug-likeness (QED) is 0.832. The third-order valence-corrected chi connectivity index (χ3v) is 3.98. The summed E-state index contributed by atoms with van der Waals surface area (Å²) in [6.45, 7) is 5.73. The topological polar surface area (TPSA) is 52.6 Å². The summed E-state index contributed by atoms with van der Waals surface area (Å²) in [4.78, 5) is 26.8. The van der Waals surface area contributed by atoms with Gasteiger partial charge in [0.05, 0.1) is 17.4 Å². The van der Waals surface area contributed by atoms with Gasteiger partial charge in [0, 0.05) is 40.4 Å². The highest BCUT2D eigenvalue weighted by Gasteiger charge is 2.28.